The molecule has 2 rings (SSSR count). The van der Waals surface area contributed by atoms with E-state index in [4.69, 9.17) is 16.2 Å². The molecule has 0 saturated carbocycles. The number of anilines is 4. The zero-order valence-electron chi connectivity index (χ0n) is 15.0. The Morgan fingerprint density at radius 2 is 1.17 bits per heavy atom. The molecule has 4 N–H and O–H groups in total. The minimum absolute atomic E-state index is 0.456. The quantitative estimate of drug-likeness (QED) is 0.764. The molecule has 0 aliphatic heterocycles. The summed E-state index contributed by atoms with van der Waals surface area (Å²) in [7, 11) is 0. The first kappa shape index (κ1) is 19.4. The van der Waals surface area contributed by atoms with Crippen LogP contribution in [0.25, 0.3) is 0 Å². The van der Waals surface area contributed by atoms with E-state index in [1.807, 2.05) is 34.6 Å². The summed E-state index contributed by atoms with van der Waals surface area (Å²) in [6, 6.07) is 14.1. The van der Waals surface area contributed by atoms with Crippen molar-refractivity contribution in [2.45, 2.75) is 40.2 Å². The topological polar surface area (TPSA) is 81.6 Å². The Balaban J connectivity index is 0.00000139. The molecule has 24 heavy (non-hydrogen) atoms. The minimum Gasteiger partial charge on any atom is -0.443 e. The van der Waals surface area contributed by atoms with E-state index in [0.29, 0.717) is 22.7 Å². The third kappa shape index (κ3) is 5.50. The maximum Gasteiger partial charge on any atom is 0.419 e. The molecule has 0 aromatic heterocycles. The van der Waals surface area contributed by atoms with Crippen LogP contribution in [-0.2, 0) is 4.74 Å². The Kier molecular flexibility index (Phi) is 6.65. The average molecular weight is 329 g/mol. The Hall–Kier alpha value is -2.69. The molecule has 1 amide bonds. The van der Waals surface area contributed by atoms with Gasteiger partial charge in [-0.2, -0.15) is 0 Å². The first-order chi connectivity index (χ1) is 11.3. The maximum absolute atomic E-state index is 12.6. The van der Waals surface area contributed by atoms with Gasteiger partial charge in [0.05, 0.1) is 11.4 Å². The molecule has 5 nitrogen and oxygen atoms in total. The number of amides is 1. The number of nitrogens with zero attached hydrogens (tertiary/aromatic N) is 1. The van der Waals surface area contributed by atoms with Crippen molar-refractivity contribution in [2.75, 3.05) is 16.4 Å². The number of benzene rings is 2. The smallest absolute Gasteiger partial charge is 0.419 e. The maximum atomic E-state index is 12.6. The Labute approximate surface area is 144 Å². The summed E-state index contributed by atoms with van der Waals surface area (Å²) in [5, 5.41) is 0. The molecule has 0 saturated heterocycles. The number of hydrogen-bond acceptors (Lipinski definition) is 4. The summed E-state index contributed by atoms with van der Waals surface area (Å²) in [4.78, 5) is 14.1. The molecule has 0 atom stereocenters. The molecular weight excluding hydrogens is 302 g/mol. The summed E-state index contributed by atoms with van der Waals surface area (Å²) in [6.07, 6.45) is -0.456. The van der Waals surface area contributed by atoms with Crippen LogP contribution in [0.2, 0.25) is 0 Å². The lowest BCUT2D eigenvalue weighted by atomic mass is 10.2. The van der Waals surface area contributed by atoms with E-state index in [0.717, 1.165) is 0 Å². The summed E-state index contributed by atoms with van der Waals surface area (Å²) in [5.74, 6) is 0. The first-order valence-corrected chi connectivity index (χ1v) is 8.00. The van der Waals surface area contributed by atoms with Crippen molar-refractivity contribution in [1.82, 2.24) is 0 Å². The van der Waals surface area contributed by atoms with Crippen LogP contribution in [0.1, 0.15) is 34.6 Å². The minimum atomic E-state index is -0.586. The van der Waals surface area contributed by atoms with Crippen LogP contribution >= 0.6 is 0 Å². The molecule has 2 aromatic rings. The number of nitrogens with two attached hydrogens (primary N) is 2. The predicted octanol–water partition coefficient (Wildman–Crippen LogP) is 4.95. The fraction of sp³-hybridized carbons (Fsp3) is 0.316. The molecule has 0 spiro atoms. The van der Waals surface area contributed by atoms with Crippen molar-refractivity contribution in [3.63, 3.8) is 0 Å². The zero-order chi connectivity index (χ0) is 18.3. The number of rotatable bonds is 2. The molecule has 0 radical (unpaired) electrons. The molecule has 0 fully saturated rings. The standard InChI is InChI=1S/C17H21N3O2.C2H6/c1-17(2,3)22-16(21)20(14-8-4-12(18)5-9-14)15-10-6-13(19)7-11-15;1-2/h4-11H,18-19H2,1-3H3;1-2H3. The fourth-order valence-corrected chi connectivity index (χ4v) is 1.91. The highest BCUT2D eigenvalue weighted by atomic mass is 16.6. The van der Waals surface area contributed by atoms with Gasteiger partial charge in [0.1, 0.15) is 5.60 Å². The van der Waals surface area contributed by atoms with Crippen LogP contribution in [0.4, 0.5) is 27.5 Å². The van der Waals surface area contributed by atoms with Crippen molar-refractivity contribution < 1.29 is 9.53 Å². The van der Waals surface area contributed by atoms with Crippen LogP contribution in [0.3, 0.4) is 0 Å². The van der Waals surface area contributed by atoms with Crippen LogP contribution in [-0.4, -0.2) is 11.7 Å². The summed E-state index contributed by atoms with van der Waals surface area (Å²) >= 11 is 0. The second-order valence-corrected chi connectivity index (χ2v) is 6.00. The molecule has 0 aliphatic carbocycles. The SMILES string of the molecule is CC.CC(C)(C)OC(=O)N(c1ccc(N)cc1)c1ccc(N)cc1. The first-order valence-electron chi connectivity index (χ1n) is 8.00. The highest BCUT2D eigenvalue weighted by molar-refractivity contribution is 5.96. The van der Waals surface area contributed by atoms with Crippen molar-refractivity contribution in [1.29, 1.82) is 0 Å². The molecule has 2 aromatic carbocycles. The third-order valence-electron chi connectivity index (χ3n) is 2.88. The van der Waals surface area contributed by atoms with E-state index >= 15 is 0 Å². The van der Waals surface area contributed by atoms with Gasteiger partial charge in [-0.1, -0.05) is 13.8 Å². The average Bonchev–Trinajstić information content (AvgIpc) is 2.52. The third-order valence-corrected chi connectivity index (χ3v) is 2.88. The van der Waals surface area contributed by atoms with E-state index in [9.17, 15) is 4.79 Å². The molecule has 0 bridgehead atoms. The second kappa shape index (κ2) is 8.24. The van der Waals surface area contributed by atoms with Crippen molar-refractivity contribution >= 4 is 28.8 Å². The highest BCUT2D eigenvalue weighted by Gasteiger charge is 2.24. The Bertz CT molecular complexity index is 598. The van der Waals surface area contributed by atoms with Gasteiger partial charge in [0.15, 0.2) is 0 Å². The van der Waals surface area contributed by atoms with Crippen LogP contribution < -0.4 is 16.4 Å². The van der Waals surface area contributed by atoms with Crippen LogP contribution in [0.5, 0.6) is 0 Å². The summed E-state index contributed by atoms with van der Waals surface area (Å²) < 4.78 is 5.49. The summed E-state index contributed by atoms with van der Waals surface area (Å²) in [5.41, 5.74) is 13.4. The van der Waals surface area contributed by atoms with Crippen molar-refractivity contribution in [3.8, 4) is 0 Å². The van der Waals surface area contributed by atoms with Crippen LogP contribution in [0.15, 0.2) is 48.5 Å². The van der Waals surface area contributed by atoms with Gasteiger partial charge < -0.3 is 16.2 Å². The zero-order valence-corrected chi connectivity index (χ0v) is 15.0. The van der Waals surface area contributed by atoms with E-state index < -0.39 is 11.7 Å². The number of carbonyl (C=O) groups is 1. The molecule has 0 aliphatic rings. The van der Waals surface area contributed by atoms with Gasteiger partial charge in [-0.15, -0.1) is 0 Å². The van der Waals surface area contributed by atoms with Gasteiger partial charge in [-0.25, -0.2) is 9.69 Å². The largest absolute Gasteiger partial charge is 0.443 e. The van der Waals surface area contributed by atoms with Crippen LogP contribution in [0, 0.1) is 0 Å². The van der Waals surface area contributed by atoms with Crippen molar-refractivity contribution in [2.24, 2.45) is 0 Å². The Morgan fingerprint density at radius 1 is 0.833 bits per heavy atom. The van der Waals surface area contributed by atoms with Gasteiger partial charge in [-0.3, -0.25) is 0 Å². The van der Waals surface area contributed by atoms with Gasteiger partial charge in [0.25, 0.3) is 0 Å². The number of ether oxygens (including phenoxy) is 1. The van der Waals surface area contributed by atoms with Gasteiger partial charge in [0.2, 0.25) is 0 Å². The van der Waals surface area contributed by atoms with Crippen molar-refractivity contribution in [3.05, 3.63) is 48.5 Å². The normalized spacial score (nSPS) is 10.4. The van der Waals surface area contributed by atoms with Gasteiger partial charge in [-0.05, 0) is 69.3 Å². The van der Waals surface area contributed by atoms with Gasteiger partial charge >= 0.3 is 6.09 Å². The fourth-order valence-electron chi connectivity index (χ4n) is 1.91. The lowest BCUT2D eigenvalue weighted by molar-refractivity contribution is 0.0599. The molecule has 5 heteroatoms. The van der Waals surface area contributed by atoms with E-state index in [-0.39, 0.29) is 0 Å². The number of hydrogen-bond donors (Lipinski definition) is 2. The molecule has 0 unspecified atom stereocenters. The Morgan fingerprint density at radius 3 is 1.46 bits per heavy atom. The predicted molar refractivity (Wildman–Crippen MR) is 101 cm³/mol. The molecule has 0 heterocycles. The van der Waals surface area contributed by atoms with E-state index in [1.165, 1.54) is 4.90 Å². The number of nitrogen functional groups attached to an aromatic ring is 2. The van der Waals surface area contributed by atoms with E-state index in [2.05, 4.69) is 0 Å². The van der Waals surface area contributed by atoms with E-state index in [1.54, 1.807) is 48.5 Å². The lowest BCUT2D eigenvalue weighted by Crippen LogP contribution is -2.33. The highest BCUT2D eigenvalue weighted by Crippen LogP contribution is 2.29. The summed E-state index contributed by atoms with van der Waals surface area (Å²) in [6.45, 7) is 9.49. The number of carbonyl (C=O) groups excluding carboxylic acids is 1. The second-order valence-electron chi connectivity index (χ2n) is 6.00. The van der Waals surface area contributed by atoms with Gasteiger partial charge in [0, 0.05) is 11.4 Å². The molecule has 130 valence electrons. The lowest BCUT2D eigenvalue weighted by Gasteiger charge is -2.27. The monoisotopic (exact) mass is 329 g/mol. The molecular formula is C19H27N3O2.